The largest absolute Gasteiger partial charge is 0.490 e. The van der Waals surface area contributed by atoms with Crippen LogP contribution in [0.2, 0.25) is 0 Å². The number of benzene rings is 2. The minimum absolute atomic E-state index is 0.613. The lowest BCUT2D eigenvalue weighted by atomic mass is 10.2. The lowest BCUT2D eigenvalue weighted by Gasteiger charge is -2.12. The molecule has 0 unspecified atom stereocenters. The second-order valence-corrected chi connectivity index (χ2v) is 5.70. The number of hydrogen-bond donors (Lipinski definition) is 1. The van der Waals surface area contributed by atoms with Crippen molar-refractivity contribution in [3.8, 4) is 11.5 Å². The Kier molecular flexibility index (Phi) is 5.81. The molecular weight excluding hydrogens is 282 g/mol. The highest BCUT2D eigenvalue weighted by Crippen LogP contribution is 2.29. The van der Waals surface area contributed by atoms with E-state index in [-0.39, 0.29) is 0 Å². The summed E-state index contributed by atoms with van der Waals surface area (Å²) in [6.45, 7) is 5.23. The highest BCUT2D eigenvalue weighted by molar-refractivity contribution is 7.99. The minimum Gasteiger partial charge on any atom is -0.490 e. The Morgan fingerprint density at radius 3 is 2.43 bits per heavy atom. The van der Waals surface area contributed by atoms with Crippen molar-refractivity contribution in [1.82, 2.24) is 0 Å². The molecule has 2 aromatic carbocycles. The molecule has 0 heterocycles. The van der Waals surface area contributed by atoms with Crippen LogP contribution in [0.15, 0.2) is 47.4 Å². The number of para-hydroxylation sites is 3. The molecule has 0 aromatic heterocycles. The van der Waals surface area contributed by atoms with E-state index < -0.39 is 0 Å². The second kappa shape index (κ2) is 7.84. The van der Waals surface area contributed by atoms with Gasteiger partial charge < -0.3 is 15.2 Å². The maximum Gasteiger partial charge on any atom is 0.161 e. The van der Waals surface area contributed by atoms with E-state index in [1.807, 2.05) is 56.3 Å². The predicted molar refractivity (Wildman–Crippen MR) is 89.4 cm³/mol. The van der Waals surface area contributed by atoms with Crippen LogP contribution in [-0.2, 0) is 0 Å². The van der Waals surface area contributed by atoms with Gasteiger partial charge in [0.15, 0.2) is 11.5 Å². The number of nitrogen functional groups attached to an aromatic ring is 1. The van der Waals surface area contributed by atoms with Crippen molar-refractivity contribution in [2.24, 2.45) is 0 Å². The first kappa shape index (κ1) is 15.6. The Morgan fingerprint density at radius 1 is 1.00 bits per heavy atom. The molecule has 0 saturated carbocycles. The fourth-order valence-corrected chi connectivity index (χ4v) is 2.80. The van der Waals surface area contributed by atoms with Gasteiger partial charge in [0.2, 0.25) is 0 Å². The third kappa shape index (κ3) is 4.33. The zero-order valence-electron chi connectivity index (χ0n) is 12.5. The van der Waals surface area contributed by atoms with Crippen molar-refractivity contribution in [1.29, 1.82) is 0 Å². The average Bonchev–Trinajstić information content (AvgIpc) is 2.49. The summed E-state index contributed by atoms with van der Waals surface area (Å²) in [6, 6.07) is 13.8. The van der Waals surface area contributed by atoms with Crippen LogP contribution in [0, 0.1) is 6.92 Å². The van der Waals surface area contributed by atoms with Crippen LogP contribution >= 0.6 is 11.8 Å². The van der Waals surface area contributed by atoms with Gasteiger partial charge in [-0.05, 0) is 37.6 Å². The van der Waals surface area contributed by atoms with Crippen LogP contribution in [0.5, 0.6) is 11.5 Å². The molecule has 0 amide bonds. The molecule has 4 heteroatoms. The SMILES string of the molecule is CCOc1ccccc1OCCSc1cccc(C)c1N. The van der Waals surface area contributed by atoms with Gasteiger partial charge in [-0.1, -0.05) is 24.3 Å². The molecule has 0 radical (unpaired) electrons. The van der Waals surface area contributed by atoms with Gasteiger partial charge in [-0.25, -0.2) is 0 Å². The highest BCUT2D eigenvalue weighted by Gasteiger charge is 2.05. The number of aryl methyl sites for hydroxylation is 1. The third-order valence-corrected chi connectivity index (χ3v) is 4.07. The number of ether oxygens (including phenoxy) is 2. The van der Waals surface area contributed by atoms with Crippen molar-refractivity contribution in [2.75, 3.05) is 24.7 Å². The first-order valence-corrected chi connectivity index (χ1v) is 8.03. The smallest absolute Gasteiger partial charge is 0.161 e. The van der Waals surface area contributed by atoms with Gasteiger partial charge in [-0.2, -0.15) is 0 Å². The number of thioether (sulfide) groups is 1. The molecule has 0 bridgehead atoms. The maximum absolute atomic E-state index is 6.06. The van der Waals surface area contributed by atoms with E-state index in [4.69, 9.17) is 15.2 Å². The Labute approximate surface area is 130 Å². The van der Waals surface area contributed by atoms with Gasteiger partial charge in [-0.15, -0.1) is 11.8 Å². The molecule has 2 N–H and O–H groups in total. The molecule has 2 aromatic rings. The molecule has 0 aliphatic rings. The van der Waals surface area contributed by atoms with Crippen molar-refractivity contribution in [3.63, 3.8) is 0 Å². The normalized spacial score (nSPS) is 10.4. The van der Waals surface area contributed by atoms with Crippen LogP contribution in [-0.4, -0.2) is 19.0 Å². The molecule has 0 aliphatic carbocycles. The molecule has 0 fully saturated rings. The molecule has 2 rings (SSSR count). The number of anilines is 1. The quantitative estimate of drug-likeness (QED) is 0.474. The molecule has 0 aliphatic heterocycles. The van der Waals surface area contributed by atoms with Crippen LogP contribution in [0.25, 0.3) is 0 Å². The van der Waals surface area contributed by atoms with E-state index in [1.54, 1.807) is 11.8 Å². The summed E-state index contributed by atoms with van der Waals surface area (Å²) in [5, 5.41) is 0. The summed E-state index contributed by atoms with van der Waals surface area (Å²) in [5.41, 5.74) is 8.03. The van der Waals surface area contributed by atoms with Gasteiger partial charge in [0.25, 0.3) is 0 Å². The maximum atomic E-state index is 6.06. The lowest BCUT2D eigenvalue weighted by molar-refractivity contribution is 0.289. The summed E-state index contributed by atoms with van der Waals surface area (Å²) >= 11 is 1.71. The lowest BCUT2D eigenvalue weighted by Crippen LogP contribution is -2.03. The molecule has 0 atom stereocenters. The fraction of sp³-hybridized carbons (Fsp3) is 0.294. The summed E-state index contributed by atoms with van der Waals surface area (Å²) in [5.74, 6) is 2.42. The van der Waals surface area contributed by atoms with E-state index in [0.29, 0.717) is 13.2 Å². The number of rotatable bonds is 7. The topological polar surface area (TPSA) is 44.5 Å². The summed E-state index contributed by atoms with van der Waals surface area (Å²) in [4.78, 5) is 1.11. The molecule has 0 spiro atoms. The van der Waals surface area contributed by atoms with E-state index in [0.717, 1.165) is 33.4 Å². The van der Waals surface area contributed by atoms with Crippen molar-refractivity contribution >= 4 is 17.4 Å². The zero-order valence-corrected chi connectivity index (χ0v) is 13.3. The summed E-state index contributed by atoms with van der Waals surface area (Å²) < 4.78 is 11.3. The van der Waals surface area contributed by atoms with Gasteiger partial charge in [0.1, 0.15) is 0 Å². The first-order valence-electron chi connectivity index (χ1n) is 7.05. The van der Waals surface area contributed by atoms with E-state index in [2.05, 4.69) is 0 Å². The van der Waals surface area contributed by atoms with Crippen molar-refractivity contribution < 1.29 is 9.47 Å². The van der Waals surface area contributed by atoms with Crippen LogP contribution in [0.4, 0.5) is 5.69 Å². The summed E-state index contributed by atoms with van der Waals surface area (Å²) in [7, 11) is 0. The van der Waals surface area contributed by atoms with E-state index >= 15 is 0 Å². The Morgan fingerprint density at radius 2 is 1.71 bits per heavy atom. The van der Waals surface area contributed by atoms with Gasteiger partial charge in [-0.3, -0.25) is 0 Å². The zero-order chi connectivity index (χ0) is 15.1. The van der Waals surface area contributed by atoms with Crippen LogP contribution in [0.1, 0.15) is 12.5 Å². The molecule has 3 nitrogen and oxygen atoms in total. The van der Waals surface area contributed by atoms with Crippen LogP contribution < -0.4 is 15.2 Å². The van der Waals surface area contributed by atoms with Crippen molar-refractivity contribution in [2.45, 2.75) is 18.7 Å². The van der Waals surface area contributed by atoms with E-state index in [1.165, 1.54) is 0 Å². The molecule has 112 valence electrons. The number of nitrogens with two attached hydrogens (primary N) is 1. The summed E-state index contributed by atoms with van der Waals surface area (Å²) in [6.07, 6.45) is 0. The Bertz CT molecular complexity index is 587. The Hall–Kier alpha value is -1.81. The highest BCUT2D eigenvalue weighted by atomic mass is 32.2. The average molecular weight is 303 g/mol. The van der Waals surface area contributed by atoms with E-state index in [9.17, 15) is 0 Å². The van der Waals surface area contributed by atoms with Crippen LogP contribution in [0.3, 0.4) is 0 Å². The Balaban J connectivity index is 1.86. The standard InChI is InChI=1S/C17H21NO2S/c1-3-19-14-8-4-5-9-15(14)20-11-12-21-16-10-6-7-13(2)17(16)18/h4-10H,3,11-12,18H2,1-2H3. The van der Waals surface area contributed by atoms with Gasteiger partial charge in [0.05, 0.1) is 13.2 Å². The minimum atomic E-state index is 0.613. The molecular formula is C17H21NO2S. The fourth-order valence-electron chi connectivity index (χ4n) is 1.93. The number of hydrogen-bond acceptors (Lipinski definition) is 4. The van der Waals surface area contributed by atoms with Crippen molar-refractivity contribution in [3.05, 3.63) is 48.0 Å². The predicted octanol–water partition coefficient (Wildman–Crippen LogP) is 4.15. The third-order valence-electron chi connectivity index (χ3n) is 3.03. The first-order chi connectivity index (χ1) is 10.2. The van der Waals surface area contributed by atoms with Gasteiger partial charge in [0, 0.05) is 16.3 Å². The monoisotopic (exact) mass is 303 g/mol. The second-order valence-electron chi connectivity index (χ2n) is 4.56. The molecule has 21 heavy (non-hydrogen) atoms. The van der Waals surface area contributed by atoms with Gasteiger partial charge >= 0.3 is 0 Å². The molecule has 0 saturated heterocycles.